The lowest BCUT2D eigenvalue weighted by Crippen LogP contribution is -2.28. The molecule has 0 heterocycles. The standard InChI is InChI=1S/C16H18BrFN2O/c1-21-13-6-2-11(3-7-13)4-9-16(20-19)14-8-5-12(18)10-15(14)17/h2-3,5-8,10,16,20H,4,9,19H2,1H3. The molecule has 2 aromatic rings. The Labute approximate surface area is 132 Å². The topological polar surface area (TPSA) is 47.3 Å². The number of hydrogen-bond acceptors (Lipinski definition) is 3. The van der Waals surface area contributed by atoms with Gasteiger partial charge in [-0.25, -0.2) is 4.39 Å². The van der Waals surface area contributed by atoms with E-state index in [4.69, 9.17) is 10.6 Å². The molecule has 0 radical (unpaired) electrons. The van der Waals surface area contributed by atoms with Crippen molar-refractivity contribution in [3.8, 4) is 5.75 Å². The molecule has 0 fully saturated rings. The SMILES string of the molecule is COc1ccc(CCC(NN)c2ccc(F)cc2Br)cc1. The zero-order chi connectivity index (χ0) is 15.2. The van der Waals surface area contributed by atoms with Gasteiger partial charge in [-0.1, -0.05) is 34.1 Å². The smallest absolute Gasteiger partial charge is 0.124 e. The minimum atomic E-state index is -0.267. The van der Waals surface area contributed by atoms with Crippen LogP contribution in [0.5, 0.6) is 5.75 Å². The molecule has 1 unspecified atom stereocenters. The number of aryl methyl sites for hydroxylation is 1. The number of nitrogens with one attached hydrogen (secondary N) is 1. The van der Waals surface area contributed by atoms with Crippen molar-refractivity contribution in [3.05, 3.63) is 63.9 Å². The van der Waals surface area contributed by atoms with Gasteiger partial charge < -0.3 is 4.74 Å². The van der Waals surface area contributed by atoms with Gasteiger partial charge in [0.25, 0.3) is 0 Å². The molecule has 112 valence electrons. The van der Waals surface area contributed by atoms with Crippen LogP contribution in [0, 0.1) is 5.82 Å². The van der Waals surface area contributed by atoms with Crippen LogP contribution in [0.2, 0.25) is 0 Å². The first-order valence-electron chi connectivity index (χ1n) is 6.68. The third kappa shape index (κ3) is 4.27. The maximum absolute atomic E-state index is 13.1. The third-order valence-corrected chi connectivity index (χ3v) is 4.11. The van der Waals surface area contributed by atoms with Crippen molar-refractivity contribution in [2.24, 2.45) is 5.84 Å². The Morgan fingerprint density at radius 1 is 1.24 bits per heavy atom. The maximum Gasteiger partial charge on any atom is 0.124 e. The highest BCUT2D eigenvalue weighted by atomic mass is 79.9. The molecule has 0 aromatic heterocycles. The fourth-order valence-electron chi connectivity index (χ4n) is 2.22. The molecule has 2 aromatic carbocycles. The minimum Gasteiger partial charge on any atom is -0.497 e. The second kappa shape index (κ2) is 7.54. The summed E-state index contributed by atoms with van der Waals surface area (Å²) in [6.07, 6.45) is 1.68. The number of rotatable bonds is 6. The van der Waals surface area contributed by atoms with E-state index >= 15 is 0 Å². The number of benzene rings is 2. The highest BCUT2D eigenvalue weighted by Crippen LogP contribution is 2.27. The molecule has 5 heteroatoms. The van der Waals surface area contributed by atoms with Crippen LogP contribution in [0.1, 0.15) is 23.6 Å². The fourth-order valence-corrected chi connectivity index (χ4v) is 2.84. The zero-order valence-electron chi connectivity index (χ0n) is 11.8. The van der Waals surface area contributed by atoms with Crippen molar-refractivity contribution in [3.63, 3.8) is 0 Å². The Morgan fingerprint density at radius 2 is 1.95 bits per heavy atom. The molecule has 3 nitrogen and oxygen atoms in total. The lowest BCUT2D eigenvalue weighted by molar-refractivity contribution is 0.414. The highest BCUT2D eigenvalue weighted by Gasteiger charge is 2.13. The molecule has 1 atom stereocenters. The van der Waals surface area contributed by atoms with E-state index in [9.17, 15) is 4.39 Å². The summed E-state index contributed by atoms with van der Waals surface area (Å²) in [5.41, 5.74) is 4.95. The van der Waals surface area contributed by atoms with E-state index in [0.717, 1.165) is 28.6 Å². The Hall–Kier alpha value is -1.43. The summed E-state index contributed by atoms with van der Waals surface area (Å²) in [6, 6.07) is 12.5. The largest absolute Gasteiger partial charge is 0.497 e. The molecule has 21 heavy (non-hydrogen) atoms. The Kier molecular flexibility index (Phi) is 5.73. The quantitative estimate of drug-likeness (QED) is 0.615. The normalized spacial score (nSPS) is 12.2. The van der Waals surface area contributed by atoms with Crippen molar-refractivity contribution >= 4 is 15.9 Å². The Bertz CT molecular complexity index is 589. The zero-order valence-corrected chi connectivity index (χ0v) is 13.4. The average molecular weight is 353 g/mol. The average Bonchev–Trinajstić information content (AvgIpc) is 2.50. The predicted octanol–water partition coefficient (Wildman–Crippen LogP) is 3.73. The maximum atomic E-state index is 13.1. The van der Waals surface area contributed by atoms with Gasteiger partial charge in [0.2, 0.25) is 0 Å². The van der Waals surface area contributed by atoms with Gasteiger partial charge in [-0.05, 0) is 48.2 Å². The van der Waals surface area contributed by atoms with Gasteiger partial charge in [-0.3, -0.25) is 11.3 Å². The molecule has 0 saturated carbocycles. The van der Waals surface area contributed by atoms with Gasteiger partial charge in [-0.15, -0.1) is 0 Å². The monoisotopic (exact) mass is 352 g/mol. The van der Waals surface area contributed by atoms with Crippen molar-refractivity contribution < 1.29 is 9.13 Å². The van der Waals surface area contributed by atoms with Crippen LogP contribution in [0.3, 0.4) is 0 Å². The number of hydrazine groups is 1. The molecular weight excluding hydrogens is 335 g/mol. The molecule has 0 bridgehead atoms. The van der Waals surface area contributed by atoms with Crippen LogP contribution in [-0.4, -0.2) is 7.11 Å². The first-order chi connectivity index (χ1) is 10.1. The highest BCUT2D eigenvalue weighted by molar-refractivity contribution is 9.10. The van der Waals surface area contributed by atoms with Crippen molar-refractivity contribution in [2.45, 2.75) is 18.9 Å². The molecule has 2 rings (SSSR count). The van der Waals surface area contributed by atoms with E-state index in [2.05, 4.69) is 21.4 Å². The summed E-state index contributed by atoms with van der Waals surface area (Å²) in [4.78, 5) is 0. The number of ether oxygens (including phenoxy) is 1. The van der Waals surface area contributed by atoms with Gasteiger partial charge in [0.15, 0.2) is 0 Å². The molecular formula is C16H18BrFN2O. The van der Waals surface area contributed by atoms with Crippen LogP contribution in [0.25, 0.3) is 0 Å². The van der Waals surface area contributed by atoms with Gasteiger partial charge in [0.1, 0.15) is 11.6 Å². The molecule has 0 aliphatic carbocycles. The molecule has 0 saturated heterocycles. The van der Waals surface area contributed by atoms with Gasteiger partial charge in [-0.2, -0.15) is 0 Å². The van der Waals surface area contributed by atoms with E-state index in [0.29, 0.717) is 0 Å². The minimum absolute atomic E-state index is 0.0397. The fraction of sp³-hybridized carbons (Fsp3) is 0.250. The lowest BCUT2D eigenvalue weighted by atomic mass is 9.99. The summed E-state index contributed by atoms with van der Waals surface area (Å²) >= 11 is 3.38. The lowest BCUT2D eigenvalue weighted by Gasteiger charge is -2.18. The molecule has 3 N–H and O–H groups in total. The number of halogens is 2. The van der Waals surface area contributed by atoms with E-state index in [1.54, 1.807) is 13.2 Å². The number of nitrogens with two attached hydrogens (primary N) is 1. The summed E-state index contributed by atoms with van der Waals surface area (Å²) in [6.45, 7) is 0. The summed E-state index contributed by atoms with van der Waals surface area (Å²) in [5.74, 6) is 6.21. The van der Waals surface area contributed by atoms with Crippen LogP contribution in [0.4, 0.5) is 4.39 Å². The second-order valence-electron chi connectivity index (χ2n) is 4.77. The summed E-state index contributed by atoms with van der Waals surface area (Å²) in [5, 5.41) is 0. The number of hydrogen-bond donors (Lipinski definition) is 2. The molecule has 0 spiro atoms. The van der Waals surface area contributed by atoms with E-state index < -0.39 is 0 Å². The van der Waals surface area contributed by atoms with Crippen LogP contribution >= 0.6 is 15.9 Å². The Morgan fingerprint density at radius 3 is 2.52 bits per heavy atom. The van der Waals surface area contributed by atoms with E-state index in [1.165, 1.54) is 17.7 Å². The van der Waals surface area contributed by atoms with Gasteiger partial charge in [0, 0.05) is 10.5 Å². The van der Waals surface area contributed by atoms with Crippen molar-refractivity contribution in [2.75, 3.05) is 7.11 Å². The second-order valence-corrected chi connectivity index (χ2v) is 5.63. The predicted molar refractivity (Wildman–Crippen MR) is 85.5 cm³/mol. The van der Waals surface area contributed by atoms with Crippen molar-refractivity contribution in [1.29, 1.82) is 0 Å². The first kappa shape index (κ1) is 15.9. The molecule has 0 aliphatic rings. The van der Waals surface area contributed by atoms with Crippen LogP contribution in [0.15, 0.2) is 46.9 Å². The first-order valence-corrected chi connectivity index (χ1v) is 7.47. The van der Waals surface area contributed by atoms with Crippen LogP contribution < -0.4 is 16.0 Å². The molecule has 0 aliphatic heterocycles. The van der Waals surface area contributed by atoms with Gasteiger partial charge in [0.05, 0.1) is 7.11 Å². The third-order valence-electron chi connectivity index (χ3n) is 3.42. The molecule has 0 amide bonds. The number of methoxy groups -OCH3 is 1. The summed E-state index contributed by atoms with van der Waals surface area (Å²) in [7, 11) is 1.65. The summed E-state index contributed by atoms with van der Waals surface area (Å²) < 4.78 is 19.0. The van der Waals surface area contributed by atoms with Gasteiger partial charge >= 0.3 is 0 Å². The van der Waals surface area contributed by atoms with E-state index in [1.807, 2.05) is 24.3 Å². The van der Waals surface area contributed by atoms with E-state index in [-0.39, 0.29) is 11.9 Å². The van der Waals surface area contributed by atoms with Crippen LogP contribution in [-0.2, 0) is 6.42 Å². The Balaban J connectivity index is 2.04. The van der Waals surface area contributed by atoms with Crippen molar-refractivity contribution in [1.82, 2.24) is 5.43 Å².